The molecule has 1 aromatic heterocycles. The minimum absolute atomic E-state index is 0.119. The average molecular weight is 292 g/mol. The molecule has 0 amide bonds. The van der Waals surface area contributed by atoms with Gasteiger partial charge in [0, 0.05) is 10.4 Å². The molecule has 108 valence electrons. The maximum Gasteiger partial charge on any atom is 0.128 e. The van der Waals surface area contributed by atoms with Crippen molar-refractivity contribution in [3.8, 4) is 0 Å². The molecule has 0 bridgehead atoms. The van der Waals surface area contributed by atoms with Crippen LogP contribution in [0.5, 0.6) is 0 Å². The lowest BCUT2D eigenvalue weighted by Crippen LogP contribution is -2.24. The van der Waals surface area contributed by atoms with Crippen molar-refractivity contribution in [2.45, 2.75) is 40.7 Å². The molecule has 0 fully saturated rings. The van der Waals surface area contributed by atoms with Gasteiger partial charge in [-0.15, -0.1) is 11.3 Å². The zero-order chi connectivity index (χ0) is 14.9. The lowest BCUT2D eigenvalue weighted by Gasteiger charge is -2.21. The van der Waals surface area contributed by atoms with Crippen molar-refractivity contribution in [2.24, 2.45) is 0 Å². The zero-order valence-electron chi connectivity index (χ0n) is 12.7. The van der Waals surface area contributed by atoms with Crippen LogP contribution in [-0.2, 0) is 0 Å². The summed E-state index contributed by atoms with van der Waals surface area (Å²) in [6, 6.07) is 3.52. The smallest absolute Gasteiger partial charge is 0.128 e. The fourth-order valence-electron chi connectivity index (χ4n) is 2.64. The number of hydrogen-bond donors (Lipinski definition) is 1. The Bertz CT molecular complexity index is 596. The molecule has 0 spiro atoms. The van der Waals surface area contributed by atoms with Crippen LogP contribution < -0.4 is 5.32 Å². The normalized spacial score (nSPS) is 12.7. The Kier molecular flexibility index (Phi) is 4.55. The summed E-state index contributed by atoms with van der Waals surface area (Å²) in [4.78, 5) is 5.58. The van der Waals surface area contributed by atoms with E-state index in [-0.39, 0.29) is 11.9 Å². The van der Waals surface area contributed by atoms with E-state index in [2.05, 4.69) is 10.3 Å². The molecule has 2 nitrogen and oxygen atoms in total. The molecule has 1 aromatic carbocycles. The second kappa shape index (κ2) is 6.02. The molecule has 20 heavy (non-hydrogen) atoms. The van der Waals surface area contributed by atoms with E-state index in [1.807, 2.05) is 40.7 Å². The number of nitrogens with zero attached hydrogens (tertiary/aromatic N) is 1. The third-order valence-corrected chi connectivity index (χ3v) is 4.52. The van der Waals surface area contributed by atoms with Gasteiger partial charge in [-0.05, 0) is 51.4 Å². The SMILES string of the molecule is CCNC(c1sc(C)nc1C)c1c(C)cc(C)cc1F. The van der Waals surface area contributed by atoms with Crippen LogP contribution in [0.3, 0.4) is 0 Å². The first-order valence-electron chi connectivity index (χ1n) is 6.88. The van der Waals surface area contributed by atoms with Crippen molar-refractivity contribution >= 4 is 11.3 Å². The molecule has 1 N–H and O–H groups in total. The molecular formula is C16H21FN2S. The van der Waals surface area contributed by atoms with E-state index in [1.54, 1.807) is 17.4 Å². The van der Waals surface area contributed by atoms with E-state index in [9.17, 15) is 4.39 Å². The summed E-state index contributed by atoms with van der Waals surface area (Å²) in [6.45, 7) is 10.7. The molecule has 0 aliphatic rings. The molecule has 0 aliphatic carbocycles. The number of hydrogen-bond acceptors (Lipinski definition) is 3. The van der Waals surface area contributed by atoms with Gasteiger partial charge in [0.15, 0.2) is 0 Å². The van der Waals surface area contributed by atoms with Gasteiger partial charge in [-0.1, -0.05) is 13.0 Å². The van der Waals surface area contributed by atoms with Crippen molar-refractivity contribution in [1.82, 2.24) is 10.3 Å². The number of aryl methyl sites for hydroxylation is 4. The molecule has 2 rings (SSSR count). The summed E-state index contributed by atoms with van der Waals surface area (Å²) < 4.78 is 14.5. The molecule has 2 aromatic rings. The van der Waals surface area contributed by atoms with Crippen LogP contribution in [0.25, 0.3) is 0 Å². The number of rotatable bonds is 4. The molecule has 0 radical (unpaired) electrons. The van der Waals surface area contributed by atoms with Crippen LogP contribution >= 0.6 is 11.3 Å². The highest BCUT2D eigenvalue weighted by atomic mass is 32.1. The van der Waals surface area contributed by atoms with Crippen molar-refractivity contribution in [3.63, 3.8) is 0 Å². The Balaban J connectivity index is 2.57. The molecule has 1 unspecified atom stereocenters. The van der Waals surface area contributed by atoms with E-state index in [0.29, 0.717) is 0 Å². The van der Waals surface area contributed by atoms with Gasteiger partial charge in [0.25, 0.3) is 0 Å². The third-order valence-electron chi connectivity index (χ3n) is 3.38. The minimum Gasteiger partial charge on any atom is -0.306 e. The quantitative estimate of drug-likeness (QED) is 0.913. The molecule has 0 saturated heterocycles. The fraction of sp³-hybridized carbons (Fsp3) is 0.438. The van der Waals surface area contributed by atoms with Crippen molar-refractivity contribution in [3.05, 3.63) is 50.2 Å². The minimum atomic E-state index is -0.140. The lowest BCUT2D eigenvalue weighted by atomic mass is 9.96. The number of thiazole rings is 1. The standard InChI is InChI=1S/C16H21FN2S/c1-6-18-15(16-11(4)19-12(5)20-16)14-10(3)7-9(2)8-13(14)17/h7-8,15,18H,6H2,1-5H3. The van der Waals surface area contributed by atoms with E-state index >= 15 is 0 Å². The van der Waals surface area contributed by atoms with Crippen molar-refractivity contribution in [1.29, 1.82) is 0 Å². The van der Waals surface area contributed by atoms with Gasteiger partial charge < -0.3 is 5.32 Å². The predicted molar refractivity (Wildman–Crippen MR) is 83.0 cm³/mol. The molecule has 1 heterocycles. The first-order valence-corrected chi connectivity index (χ1v) is 7.69. The third kappa shape index (κ3) is 2.91. The van der Waals surface area contributed by atoms with Gasteiger partial charge in [0.2, 0.25) is 0 Å². The second-order valence-electron chi connectivity index (χ2n) is 5.15. The average Bonchev–Trinajstić information content (AvgIpc) is 2.66. The monoisotopic (exact) mass is 292 g/mol. The molecular weight excluding hydrogens is 271 g/mol. The second-order valence-corrected chi connectivity index (χ2v) is 6.39. The summed E-state index contributed by atoms with van der Waals surface area (Å²) in [5.74, 6) is -0.140. The summed E-state index contributed by atoms with van der Waals surface area (Å²) in [5, 5.41) is 4.42. The summed E-state index contributed by atoms with van der Waals surface area (Å²) in [6.07, 6.45) is 0. The number of benzene rings is 1. The van der Waals surface area contributed by atoms with E-state index in [1.165, 1.54) is 0 Å². The Morgan fingerprint density at radius 3 is 2.45 bits per heavy atom. The Morgan fingerprint density at radius 2 is 1.95 bits per heavy atom. The van der Waals surface area contributed by atoms with Crippen molar-refractivity contribution in [2.75, 3.05) is 6.54 Å². The highest BCUT2D eigenvalue weighted by Gasteiger charge is 2.23. The van der Waals surface area contributed by atoms with Crippen LogP contribution in [0.4, 0.5) is 4.39 Å². The van der Waals surface area contributed by atoms with Gasteiger partial charge >= 0.3 is 0 Å². The molecule has 1 atom stereocenters. The van der Waals surface area contributed by atoms with E-state index in [4.69, 9.17) is 0 Å². The van der Waals surface area contributed by atoms with Gasteiger partial charge in [0.05, 0.1) is 16.7 Å². The maximum absolute atomic E-state index is 14.5. The van der Waals surface area contributed by atoms with Crippen molar-refractivity contribution < 1.29 is 4.39 Å². The van der Waals surface area contributed by atoms with Crippen LogP contribution in [-0.4, -0.2) is 11.5 Å². The summed E-state index contributed by atoms with van der Waals surface area (Å²) in [5.41, 5.74) is 3.66. The lowest BCUT2D eigenvalue weighted by molar-refractivity contribution is 0.557. The Hall–Kier alpha value is -1.26. The van der Waals surface area contributed by atoms with Gasteiger partial charge in [-0.25, -0.2) is 9.37 Å². The highest BCUT2D eigenvalue weighted by Crippen LogP contribution is 2.33. The molecule has 0 aliphatic heterocycles. The van der Waals surface area contributed by atoms with Gasteiger partial charge in [0.1, 0.15) is 5.82 Å². The number of aromatic nitrogens is 1. The number of nitrogens with one attached hydrogen (secondary N) is 1. The Morgan fingerprint density at radius 1 is 1.25 bits per heavy atom. The largest absolute Gasteiger partial charge is 0.306 e. The van der Waals surface area contributed by atoms with Crippen LogP contribution in [0.2, 0.25) is 0 Å². The summed E-state index contributed by atoms with van der Waals surface area (Å²) in [7, 11) is 0. The topological polar surface area (TPSA) is 24.9 Å². The Labute approximate surface area is 124 Å². The van der Waals surface area contributed by atoms with Crippen LogP contribution in [0.1, 0.15) is 45.2 Å². The highest BCUT2D eigenvalue weighted by molar-refractivity contribution is 7.11. The van der Waals surface area contributed by atoms with E-state index in [0.717, 1.165) is 38.8 Å². The number of halogens is 1. The van der Waals surface area contributed by atoms with Crippen LogP contribution in [0.15, 0.2) is 12.1 Å². The zero-order valence-corrected chi connectivity index (χ0v) is 13.5. The molecule has 0 saturated carbocycles. The first-order chi connectivity index (χ1) is 9.43. The van der Waals surface area contributed by atoms with Crippen LogP contribution in [0, 0.1) is 33.5 Å². The summed E-state index contributed by atoms with van der Waals surface area (Å²) >= 11 is 1.64. The predicted octanol–water partition coefficient (Wildman–Crippen LogP) is 4.21. The molecule has 4 heteroatoms. The first kappa shape index (κ1) is 15.1. The fourth-order valence-corrected chi connectivity index (χ4v) is 3.65. The van der Waals surface area contributed by atoms with Gasteiger partial charge in [-0.3, -0.25) is 0 Å². The maximum atomic E-state index is 14.5. The van der Waals surface area contributed by atoms with E-state index < -0.39 is 0 Å². The van der Waals surface area contributed by atoms with Gasteiger partial charge in [-0.2, -0.15) is 0 Å².